The average Bonchev–Trinajstić information content (AvgIpc) is 2.67. The van der Waals surface area contributed by atoms with Crippen LogP contribution in [-0.4, -0.2) is 36.7 Å². The summed E-state index contributed by atoms with van der Waals surface area (Å²) < 4.78 is 5.41. The van der Waals surface area contributed by atoms with Crippen molar-refractivity contribution in [3.05, 3.63) is 27.3 Å². The van der Waals surface area contributed by atoms with Crippen molar-refractivity contribution in [2.45, 2.75) is 12.5 Å². The quantitative estimate of drug-likeness (QED) is 0.635. The highest BCUT2D eigenvalue weighted by atomic mass is 127. The van der Waals surface area contributed by atoms with Crippen LogP contribution >= 0.6 is 22.6 Å². The molecule has 1 atom stereocenters. The van der Waals surface area contributed by atoms with E-state index in [1.807, 2.05) is 0 Å². The lowest BCUT2D eigenvalue weighted by atomic mass is 10.2. The average molecular weight is 361 g/mol. The number of hydrogen-bond donors (Lipinski definition) is 1. The molecule has 0 aromatic heterocycles. The summed E-state index contributed by atoms with van der Waals surface area (Å²) in [7, 11) is 1.32. The Morgan fingerprint density at radius 3 is 2.78 bits per heavy atom. The van der Waals surface area contributed by atoms with Crippen LogP contribution in [0.1, 0.15) is 16.8 Å². The molecule has 1 N–H and O–H groups in total. The number of benzene rings is 1. The summed E-state index contributed by atoms with van der Waals surface area (Å²) in [5.41, 5.74) is 1.16. The molecule has 0 radical (unpaired) electrons. The number of rotatable bonds is 2. The lowest BCUT2D eigenvalue weighted by molar-refractivity contribution is -0.117. The molecule has 0 bridgehead atoms. The minimum absolute atomic E-state index is 0.105. The van der Waals surface area contributed by atoms with Crippen molar-refractivity contribution in [1.29, 1.82) is 0 Å². The Bertz CT molecular complexity index is 503. The second kappa shape index (κ2) is 5.23. The number of methoxy groups -OCH3 is 1. The maximum Gasteiger partial charge on any atom is 0.337 e. The summed E-state index contributed by atoms with van der Waals surface area (Å²) in [4.78, 5) is 24.6. The monoisotopic (exact) mass is 361 g/mol. The van der Waals surface area contributed by atoms with Crippen LogP contribution in [0, 0.1) is 3.57 Å². The van der Waals surface area contributed by atoms with Crippen molar-refractivity contribution in [2.75, 3.05) is 18.6 Å². The molecule has 96 valence electrons. The molecule has 1 aromatic rings. The number of carbonyl (C=O) groups is 2. The van der Waals surface area contributed by atoms with Gasteiger partial charge in [0.1, 0.15) is 0 Å². The Morgan fingerprint density at radius 2 is 2.28 bits per heavy atom. The Balaban J connectivity index is 2.30. The predicted octanol–water partition coefficient (Wildman–Crippen LogP) is 1.18. The topological polar surface area (TPSA) is 66.8 Å². The van der Waals surface area contributed by atoms with Gasteiger partial charge in [-0.05, 0) is 40.8 Å². The molecule has 1 fully saturated rings. The van der Waals surface area contributed by atoms with Crippen LogP contribution in [0.15, 0.2) is 18.2 Å². The van der Waals surface area contributed by atoms with Crippen LogP contribution in [0.3, 0.4) is 0 Å². The van der Waals surface area contributed by atoms with E-state index in [-0.39, 0.29) is 12.3 Å². The van der Waals surface area contributed by atoms with Crippen LogP contribution in [0.5, 0.6) is 0 Å². The van der Waals surface area contributed by atoms with E-state index in [9.17, 15) is 14.7 Å². The predicted molar refractivity (Wildman–Crippen MR) is 73.5 cm³/mol. The summed E-state index contributed by atoms with van der Waals surface area (Å²) in [5, 5.41) is 9.46. The Kier molecular flexibility index (Phi) is 3.86. The number of aliphatic hydroxyl groups excluding tert-OH is 1. The summed E-state index contributed by atoms with van der Waals surface area (Å²) >= 11 is 2.06. The molecule has 1 aromatic carbocycles. The van der Waals surface area contributed by atoms with Gasteiger partial charge in [0.2, 0.25) is 5.91 Å². The minimum Gasteiger partial charge on any atom is -0.465 e. The molecule has 0 saturated carbocycles. The van der Waals surface area contributed by atoms with Gasteiger partial charge >= 0.3 is 5.97 Å². The van der Waals surface area contributed by atoms with Gasteiger partial charge in [0.25, 0.3) is 0 Å². The number of amides is 1. The van der Waals surface area contributed by atoms with Crippen LogP contribution < -0.4 is 4.90 Å². The molecule has 1 aliphatic heterocycles. The van der Waals surface area contributed by atoms with Gasteiger partial charge in [-0.15, -0.1) is 0 Å². The van der Waals surface area contributed by atoms with Crippen molar-refractivity contribution < 1.29 is 19.4 Å². The highest BCUT2D eigenvalue weighted by Gasteiger charge is 2.30. The molecule has 0 aliphatic carbocycles. The van der Waals surface area contributed by atoms with E-state index < -0.39 is 12.1 Å². The smallest absolute Gasteiger partial charge is 0.337 e. The van der Waals surface area contributed by atoms with E-state index in [4.69, 9.17) is 0 Å². The van der Waals surface area contributed by atoms with Gasteiger partial charge in [0.05, 0.1) is 37.4 Å². The largest absolute Gasteiger partial charge is 0.465 e. The van der Waals surface area contributed by atoms with E-state index >= 15 is 0 Å². The maximum absolute atomic E-state index is 11.7. The normalized spacial score (nSPS) is 19.2. The molecule has 1 saturated heterocycles. The number of ether oxygens (including phenoxy) is 1. The lowest BCUT2D eigenvalue weighted by Crippen LogP contribution is -2.26. The van der Waals surface area contributed by atoms with Crippen molar-refractivity contribution in [3.8, 4) is 0 Å². The van der Waals surface area contributed by atoms with Crippen LogP contribution in [-0.2, 0) is 9.53 Å². The summed E-state index contributed by atoms with van der Waals surface area (Å²) in [6.07, 6.45) is -0.469. The fourth-order valence-corrected chi connectivity index (χ4v) is 2.70. The van der Waals surface area contributed by atoms with E-state index in [1.54, 1.807) is 18.2 Å². The Hall–Kier alpha value is -1.15. The van der Waals surface area contributed by atoms with Gasteiger partial charge in [0, 0.05) is 3.57 Å². The fraction of sp³-hybridized carbons (Fsp3) is 0.333. The van der Waals surface area contributed by atoms with E-state index in [0.29, 0.717) is 17.8 Å². The van der Waals surface area contributed by atoms with Crippen molar-refractivity contribution in [3.63, 3.8) is 0 Å². The highest BCUT2D eigenvalue weighted by Crippen LogP contribution is 2.28. The summed E-state index contributed by atoms with van der Waals surface area (Å²) in [5.74, 6) is -0.515. The van der Waals surface area contributed by atoms with Gasteiger partial charge in [-0.3, -0.25) is 4.79 Å². The molecule has 1 aliphatic rings. The van der Waals surface area contributed by atoms with Gasteiger partial charge < -0.3 is 14.7 Å². The molecule has 0 spiro atoms. The Morgan fingerprint density at radius 1 is 1.56 bits per heavy atom. The number of nitrogens with zero attached hydrogens (tertiary/aromatic N) is 1. The molecule has 1 unspecified atom stereocenters. The summed E-state index contributed by atoms with van der Waals surface area (Å²) in [6, 6.07) is 4.98. The van der Waals surface area contributed by atoms with Crippen LogP contribution in [0.2, 0.25) is 0 Å². The first-order valence-electron chi connectivity index (χ1n) is 5.39. The van der Waals surface area contributed by atoms with Gasteiger partial charge in [-0.2, -0.15) is 0 Å². The highest BCUT2D eigenvalue weighted by molar-refractivity contribution is 14.1. The van der Waals surface area contributed by atoms with Gasteiger partial charge in [0.15, 0.2) is 0 Å². The number of anilines is 1. The molecule has 18 heavy (non-hydrogen) atoms. The maximum atomic E-state index is 11.7. The lowest BCUT2D eigenvalue weighted by Gasteiger charge is -2.18. The molecule has 6 heteroatoms. The second-order valence-corrected chi connectivity index (χ2v) is 5.18. The number of halogens is 1. The fourth-order valence-electron chi connectivity index (χ4n) is 1.89. The minimum atomic E-state index is -0.617. The standard InChI is InChI=1S/C12H12INO4/c1-18-12(17)7-2-3-10(9(13)4-7)14-6-8(15)5-11(14)16/h2-4,8,15H,5-6H2,1H3. The van der Waals surface area contributed by atoms with Crippen LogP contribution in [0.25, 0.3) is 0 Å². The number of hydrogen-bond acceptors (Lipinski definition) is 4. The van der Waals surface area contributed by atoms with E-state index in [0.717, 1.165) is 3.57 Å². The SMILES string of the molecule is COC(=O)c1ccc(N2CC(O)CC2=O)c(I)c1. The zero-order valence-electron chi connectivity index (χ0n) is 9.72. The molecule has 1 amide bonds. The first kappa shape index (κ1) is 13.3. The third-order valence-corrected chi connectivity index (χ3v) is 3.63. The molecule has 2 rings (SSSR count). The molecule has 5 nitrogen and oxygen atoms in total. The third-order valence-electron chi connectivity index (χ3n) is 2.76. The molecular formula is C12H12INO4. The van der Waals surface area contributed by atoms with Crippen LogP contribution in [0.4, 0.5) is 5.69 Å². The zero-order valence-corrected chi connectivity index (χ0v) is 11.9. The van der Waals surface area contributed by atoms with Crippen molar-refractivity contribution >= 4 is 40.2 Å². The van der Waals surface area contributed by atoms with Gasteiger partial charge in [-0.1, -0.05) is 0 Å². The third kappa shape index (κ3) is 2.49. The number of β-amino-alcohol motifs (C(OH)–C–C–N with tert-alkyl or cyclic N) is 1. The van der Waals surface area contributed by atoms with Crippen molar-refractivity contribution in [1.82, 2.24) is 0 Å². The zero-order chi connectivity index (χ0) is 13.3. The first-order chi connectivity index (χ1) is 8.52. The van der Waals surface area contributed by atoms with E-state index in [1.165, 1.54) is 12.0 Å². The Labute approximate surface area is 118 Å². The second-order valence-electron chi connectivity index (χ2n) is 4.02. The summed E-state index contributed by atoms with van der Waals surface area (Å²) in [6.45, 7) is 0.298. The molecule has 1 heterocycles. The first-order valence-corrected chi connectivity index (χ1v) is 6.47. The number of carbonyl (C=O) groups excluding carboxylic acids is 2. The number of aliphatic hydroxyl groups is 1. The van der Waals surface area contributed by atoms with E-state index in [2.05, 4.69) is 27.3 Å². The van der Waals surface area contributed by atoms with Crippen molar-refractivity contribution in [2.24, 2.45) is 0 Å². The molecular weight excluding hydrogens is 349 g/mol. The van der Waals surface area contributed by atoms with Gasteiger partial charge in [-0.25, -0.2) is 4.79 Å². The number of esters is 1.